The Hall–Kier alpha value is -2.08. The topological polar surface area (TPSA) is 41.3 Å². The maximum atomic E-state index is 6.33. The lowest BCUT2D eigenvalue weighted by Crippen LogP contribution is -2.24. The summed E-state index contributed by atoms with van der Waals surface area (Å²) in [5, 5.41) is 4.95. The number of rotatable bonds is 3. The average Bonchev–Trinajstić information content (AvgIpc) is 3.23. The standard InChI is InChI=1S/C19H15Cl2N3OS/c1-24-18(17(23-19(24)26)13-7-2-3-10-22-13)15-9-8-14(25-15)11-5-4-6-12(20)16(11)21/h2-10,17-18H,1H3,(H,23,26)/t17-,18+/m1/s1. The molecular formula is C19H15Cl2N3OS. The fraction of sp³-hybridized carbons (Fsp3) is 0.158. The maximum absolute atomic E-state index is 6.33. The largest absolute Gasteiger partial charge is 0.459 e. The first kappa shape index (κ1) is 17.3. The number of nitrogens with one attached hydrogen (secondary N) is 1. The van der Waals surface area contributed by atoms with Gasteiger partial charge in [0.05, 0.1) is 21.8 Å². The number of nitrogens with zero attached hydrogens (tertiary/aromatic N) is 2. The average molecular weight is 404 g/mol. The van der Waals surface area contributed by atoms with Gasteiger partial charge in [0.1, 0.15) is 17.6 Å². The molecule has 0 radical (unpaired) electrons. The van der Waals surface area contributed by atoms with Gasteiger partial charge in [-0.2, -0.15) is 0 Å². The minimum Gasteiger partial charge on any atom is -0.459 e. The summed E-state index contributed by atoms with van der Waals surface area (Å²) < 4.78 is 6.15. The van der Waals surface area contributed by atoms with Crippen LogP contribution < -0.4 is 5.32 Å². The highest BCUT2D eigenvalue weighted by molar-refractivity contribution is 7.80. The van der Waals surface area contributed by atoms with Gasteiger partial charge in [-0.3, -0.25) is 4.98 Å². The smallest absolute Gasteiger partial charge is 0.170 e. The van der Waals surface area contributed by atoms with Crippen LogP contribution in [-0.4, -0.2) is 22.0 Å². The molecule has 3 heterocycles. The van der Waals surface area contributed by atoms with Crippen LogP contribution in [0.2, 0.25) is 10.0 Å². The first-order valence-electron chi connectivity index (χ1n) is 8.04. The molecule has 0 unspecified atom stereocenters. The van der Waals surface area contributed by atoms with Crippen LogP contribution in [0.3, 0.4) is 0 Å². The van der Waals surface area contributed by atoms with Crippen molar-refractivity contribution in [3.05, 3.63) is 76.2 Å². The molecule has 2 aromatic heterocycles. The second-order valence-corrected chi connectivity index (χ2v) is 7.21. The van der Waals surface area contributed by atoms with Gasteiger partial charge in [0.2, 0.25) is 0 Å². The van der Waals surface area contributed by atoms with E-state index in [1.54, 1.807) is 12.3 Å². The number of thiocarbonyl (C=S) groups is 1. The molecule has 1 aliphatic heterocycles. The fourth-order valence-corrected chi connectivity index (χ4v) is 3.80. The highest BCUT2D eigenvalue weighted by Crippen LogP contribution is 2.41. The van der Waals surface area contributed by atoms with Gasteiger partial charge >= 0.3 is 0 Å². The Kier molecular flexibility index (Phi) is 4.61. The zero-order valence-electron chi connectivity index (χ0n) is 13.8. The molecule has 7 heteroatoms. The molecule has 3 aromatic rings. The third-order valence-corrected chi connectivity index (χ3v) is 5.70. The Morgan fingerprint density at radius 1 is 1.12 bits per heavy atom. The molecular weight excluding hydrogens is 389 g/mol. The highest BCUT2D eigenvalue weighted by Gasteiger charge is 2.39. The summed E-state index contributed by atoms with van der Waals surface area (Å²) in [7, 11) is 1.94. The van der Waals surface area contributed by atoms with Gasteiger partial charge in [-0.05, 0) is 48.6 Å². The molecule has 0 saturated carbocycles. The van der Waals surface area contributed by atoms with E-state index in [0.29, 0.717) is 20.9 Å². The Labute approximate surface area is 166 Å². The van der Waals surface area contributed by atoms with Gasteiger partial charge in [0.15, 0.2) is 5.11 Å². The third kappa shape index (κ3) is 2.96. The first-order valence-corrected chi connectivity index (χ1v) is 9.21. The monoisotopic (exact) mass is 403 g/mol. The van der Waals surface area contributed by atoms with Crippen molar-refractivity contribution in [2.75, 3.05) is 7.05 Å². The van der Waals surface area contributed by atoms with E-state index in [4.69, 9.17) is 39.8 Å². The Morgan fingerprint density at radius 2 is 1.96 bits per heavy atom. The number of furan rings is 1. The highest BCUT2D eigenvalue weighted by atomic mass is 35.5. The molecule has 1 saturated heterocycles. The van der Waals surface area contributed by atoms with E-state index in [2.05, 4.69) is 10.3 Å². The summed E-state index contributed by atoms with van der Waals surface area (Å²) in [6, 6.07) is 15.0. The van der Waals surface area contributed by atoms with E-state index >= 15 is 0 Å². The molecule has 4 rings (SSSR count). The Balaban J connectivity index is 1.73. The molecule has 1 aliphatic rings. The second kappa shape index (κ2) is 6.91. The van der Waals surface area contributed by atoms with Crippen molar-refractivity contribution in [2.24, 2.45) is 0 Å². The number of likely N-dealkylation sites (N-methyl/N-ethyl adjacent to an activating group) is 1. The SMILES string of the molecule is CN1C(=S)N[C@H](c2ccccn2)[C@@H]1c1ccc(-c2cccc(Cl)c2Cl)o1. The molecule has 0 bridgehead atoms. The van der Waals surface area contributed by atoms with E-state index in [0.717, 1.165) is 17.0 Å². The predicted molar refractivity (Wildman–Crippen MR) is 107 cm³/mol. The summed E-state index contributed by atoms with van der Waals surface area (Å²) in [5.74, 6) is 1.44. The molecule has 1 aromatic carbocycles. The van der Waals surface area contributed by atoms with Crippen molar-refractivity contribution < 1.29 is 4.42 Å². The minimum absolute atomic E-state index is 0.0949. The number of pyridine rings is 1. The van der Waals surface area contributed by atoms with E-state index in [-0.39, 0.29) is 12.1 Å². The normalized spacial score (nSPS) is 19.7. The van der Waals surface area contributed by atoms with Crippen molar-refractivity contribution in [3.8, 4) is 11.3 Å². The Morgan fingerprint density at radius 3 is 2.73 bits per heavy atom. The van der Waals surface area contributed by atoms with Gasteiger partial charge in [-0.15, -0.1) is 0 Å². The maximum Gasteiger partial charge on any atom is 0.170 e. The van der Waals surface area contributed by atoms with E-state index < -0.39 is 0 Å². The molecule has 1 N–H and O–H groups in total. The van der Waals surface area contributed by atoms with Gasteiger partial charge in [0.25, 0.3) is 0 Å². The van der Waals surface area contributed by atoms with Crippen molar-refractivity contribution in [3.63, 3.8) is 0 Å². The van der Waals surface area contributed by atoms with Gasteiger partial charge in [-0.1, -0.05) is 35.3 Å². The lowest BCUT2D eigenvalue weighted by atomic mass is 10.0. The lowest BCUT2D eigenvalue weighted by molar-refractivity contribution is 0.310. The van der Waals surface area contributed by atoms with Crippen LogP contribution in [0, 0.1) is 0 Å². The number of hydrogen-bond donors (Lipinski definition) is 1. The molecule has 132 valence electrons. The lowest BCUT2D eigenvalue weighted by Gasteiger charge is -2.21. The van der Waals surface area contributed by atoms with Crippen LogP contribution in [0.15, 0.2) is 59.1 Å². The molecule has 0 aliphatic carbocycles. The molecule has 4 nitrogen and oxygen atoms in total. The number of aromatic nitrogens is 1. The van der Waals surface area contributed by atoms with E-state index in [9.17, 15) is 0 Å². The van der Waals surface area contributed by atoms with Gasteiger partial charge in [-0.25, -0.2) is 0 Å². The van der Waals surface area contributed by atoms with Crippen LogP contribution in [0.25, 0.3) is 11.3 Å². The van der Waals surface area contributed by atoms with Crippen molar-refractivity contribution in [2.45, 2.75) is 12.1 Å². The van der Waals surface area contributed by atoms with Crippen LogP contribution in [-0.2, 0) is 0 Å². The number of hydrogen-bond acceptors (Lipinski definition) is 3. The van der Waals surface area contributed by atoms with Crippen LogP contribution in [0.5, 0.6) is 0 Å². The summed E-state index contributed by atoms with van der Waals surface area (Å²) >= 11 is 17.9. The number of halogens is 2. The fourth-order valence-electron chi connectivity index (χ4n) is 3.17. The zero-order valence-corrected chi connectivity index (χ0v) is 16.1. The van der Waals surface area contributed by atoms with Gasteiger partial charge in [0, 0.05) is 18.8 Å². The Bertz CT molecular complexity index is 960. The van der Waals surface area contributed by atoms with Crippen LogP contribution >= 0.6 is 35.4 Å². The summed E-state index contributed by atoms with van der Waals surface area (Å²) in [5.41, 5.74) is 1.67. The molecule has 0 amide bonds. The van der Waals surface area contributed by atoms with Gasteiger partial charge < -0.3 is 14.6 Å². The summed E-state index contributed by atoms with van der Waals surface area (Å²) in [6.45, 7) is 0. The van der Waals surface area contributed by atoms with Crippen molar-refractivity contribution in [1.82, 2.24) is 15.2 Å². The summed E-state index contributed by atoms with van der Waals surface area (Å²) in [4.78, 5) is 6.45. The summed E-state index contributed by atoms with van der Waals surface area (Å²) in [6.07, 6.45) is 1.77. The number of benzene rings is 1. The van der Waals surface area contributed by atoms with Crippen molar-refractivity contribution >= 4 is 40.5 Å². The molecule has 2 atom stereocenters. The third-order valence-electron chi connectivity index (χ3n) is 4.47. The van der Waals surface area contributed by atoms with Crippen LogP contribution in [0.1, 0.15) is 23.5 Å². The first-order chi connectivity index (χ1) is 12.6. The predicted octanol–water partition coefficient (Wildman–Crippen LogP) is 5.25. The van der Waals surface area contributed by atoms with Crippen LogP contribution in [0.4, 0.5) is 0 Å². The second-order valence-electron chi connectivity index (χ2n) is 6.04. The molecule has 26 heavy (non-hydrogen) atoms. The van der Waals surface area contributed by atoms with E-state index in [1.807, 2.05) is 54.4 Å². The molecule has 1 fully saturated rings. The quantitative estimate of drug-likeness (QED) is 0.604. The molecule has 0 spiro atoms. The van der Waals surface area contributed by atoms with E-state index in [1.165, 1.54) is 0 Å². The zero-order chi connectivity index (χ0) is 18.3. The van der Waals surface area contributed by atoms with Crippen molar-refractivity contribution in [1.29, 1.82) is 0 Å². The minimum atomic E-state index is -0.107.